The first-order valence-corrected chi connectivity index (χ1v) is 7.58. The van der Waals surface area contributed by atoms with Gasteiger partial charge in [0.2, 0.25) is 5.76 Å². The van der Waals surface area contributed by atoms with E-state index in [2.05, 4.69) is 30.1 Å². The van der Waals surface area contributed by atoms with E-state index in [1.165, 1.54) is 17.5 Å². The van der Waals surface area contributed by atoms with Crippen LogP contribution in [0.4, 0.5) is 0 Å². The molecule has 1 fully saturated rings. The predicted octanol–water partition coefficient (Wildman–Crippen LogP) is 3.31. The summed E-state index contributed by atoms with van der Waals surface area (Å²) in [6.45, 7) is 2.82. The molecule has 4 heteroatoms. The summed E-state index contributed by atoms with van der Waals surface area (Å²) in [6.07, 6.45) is 4.54. The quantitative estimate of drug-likeness (QED) is 0.849. The Labute approximate surface area is 123 Å². The van der Waals surface area contributed by atoms with Crippen LogP contribution >= 0.6 is 0 Å². The third-order valence-corrected chi connectivity index (χ3v) is 4.61. The van der Waals surface area contributed by atoms with Gasteiger partial charge in [-0.05, 0) is 37.3 Å². The Balaban J connectivity index is 1.65. The van der Waals surface area contributed by atoms with Gasteiger partial charge >= 0.3 is 0 Å². The van der Waals surface area contributed by atoms with Crippen molar-refractivity contribution >= 4 is 5.91 Å². The molecule has 1 atom stereocenters. The van der Waals surface area contributed by atoms with Crippen LogP contribution < -0.4 is 0 Å². The lowest BCUT2D eigenvalue weighted by atomic mass is 9.93. The molecule has 1 aromatic carbocycles. The second-order valence-electron chi connectivity index (χ2n) is 5.96. The molecular weight excluding hydrogens is 264 g/mol. The van der Waals surface area contributed by atoms with Crippen LogP contribution in [-0.2, 0) is 6.42 Å². The molecule has 1 aromatic heterocycles. The summed E-state index contributed by atoms with van der Waals surface area (Å²) in [7, 11) is 0. The van der Waals surface area contributed by atoms with E-state index in [0.29, 0.717) is 11.7 Å². The number of amides is 1. The lowest BCUT2D eigenvalue weighted by Crippen LogP contribution is -2.39. The van der Waals surface area contributed by atoms with Gasteiger partial charge in [-0.3, -0.25) is 4.79 Å². The summed E-state index contributed by atoms with van der Waals surface area (Å²) < 4.78 is 5.41. The molecule has 21 heavy (non-hydrogen) atoms. The highest BCUT2D eigenvalue weighted by Gasteiger charge is 2.36. The van der Waals surface area contributed by atoms with Gasteiger partial charge in [0, 0.05) is 12.5 Å². The van der Waals surface area contributed by atoms with Gasteiger partial charge in [0.15, 0.2) is 6.39 Å². The third kappa shape index (κ3) is 2.06. The normalized spacial score (nSPS) is 21.2. The van der Waals surface area contributed by atoms with Gasteiger partial charge in [-0.25, -0.2) is 4.98 Å². The highest BCUT2D eigenvalue weighted by atomic mass is 16.3. The van der Waals surface area contributed by atoms with Crippen LogP contribution in [0.15, 0.2) is 35.1 Å². The van der Waals surface area contributed by atoms with E-state index in [-0.39, 0.29) is 11.9 Å². The molecule has 1 unspecified atom stereocenters. The number of aromatic nitrogens is 1. The van der Waals surface area contributed by atoms with Crippen molar-refractivity contribution in [1.29, 1.82) is 0 Å². The van der Waals surface area contributed by atoms with Crippen molar-refractivity contribution in [3.8, 4) is 0 Å². The smallest absolute Gasteiger partial charge is 0.292 e. The molecule has 0 radical (unpaired) electrons. The van der Waals surface area contributed by atoms with Crippen molar-refractivity contribution in [3.63, 3.8) is 0 Å². The molecule has 108 valence electrons. The topological polar surface area (TPSA) is 46.3 Å². The second kappa shape index (κ2) is 4.72. The molecule has 2 heterocycles. The minimum atomic E-state index is -0.0172. The summed E-state index contributed by atoms with van der Waals surface area (Å²) in [4.78, 5) is 19.0. The van der Waals surface area contributed by atoms with Gasteiger partial charge in [-0.1, -0.05) is 24.3 Å². The van der Waals surface area contributed by atoms with E-state index in [4.69, 9.17) is 4.42 Å². The maximum absolute atomic E-state index is 12.8. The van der Waals surface area contributed by atoms with Gasteiger partial charge in [0.05, 0.1) is 11.7 Å². The van der Waals surface area contributed by atoms with Crippen molar-refractivity contribution in [2.75, 3.05) is 6.54 Å². The maximum atomic E-state index is 12.8. The van der Waals surface area contributed by atoms with Crippen LogP contribution in [0.2, 0.25) is 0 Å². The van der Waals surface area contributed by atoms with Crippen molar-refractivity contribution in [3.05, 3.63) is 53.2 Å². The average Bonchev–Trinajstić information content (AvgIpc) is 3.24. The lowest BCUT2D eigenvalue weighted by Gasteiger charge is -2.34. The van der Waals surface area contributed by atoms with Crippen LogP contribution in [0, 0.1) is 0 Å². The Morgan fingerprint density at radius 1 is 1.33 bits per heavy atom. The van der Waals surface area contributed by atoms with Crippen LogP contribution in [0.5, 0.6) is 0 Å². The Morgan fingerprint density at radius 3 is 2.95 bits per heavy atom. The Bertz CT molecular complexity index is 688. The van der Waals surface area contributed by atoms with Crippen LogP contribution in [0.25, 0.3) is 0 Å². The SMILES string of the molecule is CC1c2ccccc2CCN1C(=O)c1ocnc1C1CC1. The van der Waals surface area contributed by atoms with E-state index in [1.54, 1.807) is 0 Å². The standard InChI is InChI=1S/C17H18N2O2/c1-11-14-5-3-2-4-12(14)8-9-19(11)17(20)16-15(13-6-7-13)18-10-21-16/h2-5,10-11,13H,6-9H2,1H3. The largest absolute Gasteiger partial charge is 0.438 e. The molecule has 4 rings (SSSR count). The van der Waals surface area contributed by atoms with E-state index in [0.717, 1.165) is 31.5 Å². The minimum absolute atomic E-state index is 0.0172. The molecule has 1 aliphatic carbocycles. The zero-order valence-corrected chi connectivity index (χ0v) is 12.1. The number of oxazole rings is 1. The lowest BCUT2D eigenvalue weighted by molar-refractivity contribution is 0.0643. The van der Waals surface area contributed by atoms with E-state index >= 15 is 0 Å². The minimum Gasteiger partial charge on any atom is -0.438 e. The first-order chi connectivity index (χ1) is 10.3. The molecule has 0 N–H and O–H groups in total. The molecule has 1 amide bonds. The molecule has 0 spiro atoms. The molecule has 4 nitrogen and oxygen atoms in total. The average molecular weight is 282 g/mol. The number of carbonyl (C=O) groups excluding carboxylic acids is 1. The summed E-state index contributed by atoms with van der Waals surface area (Å²) in [5.74, 6) is 0.857. The zero-order valence-electron chi connectivity index (χ0n) is 12.1. The first kappa shape index (κ1) is 12.6. The molecule has 1 saturated carbocycles. The molecule has 2 aromatic rings. The summed E-state index contributed by atoms with van der Waals surface area (Å²) in [6, 6.07) is 8.44. The Kier molecular flexibility index (Phi) is 2.84. The fraction of sp³-hybridized carbons (Fsp3) is 0.412. The zero-order chi connectivity index (χ0) is 14.4. The summed E-state index contributed by atoms with van der Waals surface area (Å²) in [5, 5.41) is 0. The maximum Gasteiger partial charge on any atom is 0.292 e. The van der Waals surface area contributed by atoms with Crippen molar-refractivity contribution in [1.82, 2.24) is 9.88 Å². The Morgan fingerprint density at radius 2 is 2.14 bits per heavy atom. The van der Waals surface area contributed by atoms with Crippen molar-refractivity contribution < 1.29 is 9.21 Å². The molecular formula is C17H18N2O2. The highest BCUT2D eigenvalue weighted by molar-refractivity contribution is 5.93. The van der Waals surface area contributed by atoms with Crippen molar-refractivity contribution in [2.45, 2.75) is 38.1 Å². The van der Waals surface area contributed by atoms with Gasteiger partial charge in [-0.15, -0.1) is 0 Å². The second-order valence-corrected chi connectivity index (χ2v) is 5.96. The molecule has 2 aliphatic rings. The van der Waals surface area contributed by atoms with Gasteiger partial charge < -0.3 is 9.32 Å². The highest BCUT2D eigenvalue weighted by Crippen LogP contribution is 2.41. The number of fused-ring (bicyclic) bond motifs is 1. The molecule has 0 bridgehead atoms. The predicted molar refractivity (Wildman–Crippen MR) is 78.1 cm³/mol. The van der Waals surface area contributed by atoms with Crippen LogP contribution in [0.1, 0.15) is 59.1 Å². The Hall–Kier alpha value is -2.10. The number of hydrogen-bond acceptors (Lipinski definition) is 3. The van der Waals surface area contributed by atoms with Crippen LogP contribution in [-0.4, -0.2) is 22.3 Å². The van der Waals surface area contributed by atoms with E-state index < -0.39 is 0 Å². The van der Waals surface area contributed by atoms with Crippen molar-refractivity contribution in [2.24, 2.45) is 0 Å². The van der Waals surface area contributed by atoms with Gasteiger partial charge in [-0.2, -0.15) is 0 Å². The number of benzene rings is 1. The fourth-order valence-corrected chi connectivity index (χ4v) is 3.24. The number of carbonyl (C=O) groups is 1. The third-order valence-electron chi connectivity index (χ3n) is 4.61. The fourth-order valence-electron chi connectivity index (χ4n) is 3.24. The number of rotatable bonds is 2. The van der Waals surface area contributed by atoms with E-state index in [1.807, 2.05) is 11.0 Å². The number of nitrogens with zero attached hydrogens (tertiary/aromatic N) is 2. The van der Waals surface area contributed by atoms with Crippen LogP contribution in [0.3, 0.4) is 0 Å². The summed E-state index contributed by atoms with van der Waals surface area (Å²) in [5.41, 5.74) is 3.43. The summed E-state index contributed by atoms with van der Waals surface area (Å²) >= 11 is 0. The molecule has 1 aliphatic heterocycles. The van der Waals surface area contributed by atoms with E-state index in [9.17, 15) is 4.79 Å². The first-order valence-electron chi connectivity index (χ1n) is 7.58. The monoisotopic (exact) mass is 282 g/mol. The number of hydrogen-bond donors (Lipinski definition) is 0. The van der Waals surface area contributed by atoms with Gasteiger partial charge in [0.25, 0.3) is 5.91 Å². The van der Waals surface area contributed by atoms with Gasteiger partial charge in [0.1, 0.15) is 0 Å². The molecule has 0 saturated heterocycles.